The number of esters is 1. The van der Waals surface area contributed by atoms with E-state index in [2.05, 4.69) is 0 Å². The summed E-state index contributed by atoms with van der Waals surface area (Å²) in [5, 5.41) is 8.43. The number of carbonyl (C=O) groups excluding carboxylic acids is 1. The highest BCUT2D eigenvalue weighted by Gasteiger charge is 1.98. The lowest BCUT2D eigenvalue weighted by Crippen LogP contribution is -2.10. The molecule has 0 spiro atoms. The summed E-state index contributed by atoms with van der Waals surface area (Å²) in [6, 6.07) is 18.3. The van der Waals surface area contributed by atoms with Gasteiger partial charge >= 0.3 is 5.97 Å². The van der Waals surface area contributed by atoms with E-state index in [0.717, 1.165) is 11.3 Å². The van der Waals surface area contributed by atoms with Crippen molar-refractivity contribution in [2.45, 2.75) is 0 Å². The van der Waals surface area contributed by atoms with E-state index in [4.69, 9.17) is 19.5 Å². The van der Waals surface area contributed by atoms with E-state index in [1.165, 1.54) is 6.08 Å². The maximum Gasteiger partial charge on any atom is 0.330 e. The van der Waals surface area contributed by atoms with E-state index >= 15 is 0 Å². The summed E-state index contributed by atoms with van der Waals surface area (Å²) in [4.78, 5) is 11.6. The molecular weight excluding hydrogens is 306 g/mol. The summed E-state index contributed by atoms with van der Waals surface area (Å²) in [5.41, 5.74) is 0.830. The van der Waals surface area contributed by atoms with Gasteiger partial charge in [-0.1, -0.05) is 30.3 Å². The predicted molar refractivity (Wildman–Crippen MR) is 89.5 cm³/mol. The quantitative estimate of drug-likeness (QED) is 0.424. The first kappa shape index (κ1) is 17.1. The fraction of sp³-hybridized carbons (Fsp3) is 0.158. The third-order valence-corrected chi connectivity index (χ3v) is 2.93. The minimum Gasteiger partial charge on any atom is -0.490 e. The van der Waals surface area contributed by atoms with Crippen LogP contribution in [0, 0.1) is 11.3 Å². The molecule has 0 saturated carbocycles. The van der Waals surface area contributed by atoms with Crippen LogP contribution < -0.4 is 9.47 Å². The Labute approximate surface area is 140 Å². The number of carbonyl (C=O) groups is 1. The molecule has 0 saturated heterocycles. The smallest absolute Gasteiger partial charge is 0.330 e. The van der Waals surface area contributed by atoms with E-state index in [0.29, 0.717) is 12.4 Å². The van der Waals surface area contributed by atoms with Crippen LogP contribution in [-0.4, -0.2) is 25.8 Å². The third-order valence-electron chi connectivity index (χ3n) is 2.93. The fourth-order valence-electron chi connectivity index (χ4n) is 1.82. The van der Waals surface area contributed by atoms with Gasteiger partial charge in [0.05, 0.1) is 0 Å². The van der Waals surface area contributed by atoms with Crippen molar-refractivity contribution in [3.63, 3.8) is 0 Å². The van der Waals surface area contributed by atoms with Gasteiger partial charge < -0.3 is 14.2 Å². The standard InChI is InChI=1S/C19H17NO4/c20-12-13-22-18-9-6-16(7-10-18)8-11-19(21)24-15-14-23-17-4-2-1-3-5-17/h1-11H,13-15H2/b11-8+. The Morgan fingerprint density at radius 2 is 1.67 bits per heavy atom. The topological polar surface area (TPSA) is 68.5 Å². The average Bonchev–Trinajstić information content (AvgIpc) is 2.63. The Balaban J connectivity index is 1.69. The number of benzene rings is 2. The summed E-state index contributed by atoms with van der Waals surface area (Å²) in [7, 11) is 0. The number of hydrogen-bond acceptors (Lipinski definition) is 5. The zero-order valence-corrected chi connectivity index (χ0v) is 13.1. The molecule has 0 amide bonds. The summed E-state index contributed by atoms with van der Waals surface area (Å²) < 4.78 is 15.6. The van der Waals surface area contributed by atoms with Gasteiger partial charge in [-0.3, -0.25) is 0 Å². The highest BCUT2D eigenvalue weighted by molar-refractivity contribution is 5.87. The molecule has 0 N–H and O–H groups in total. The van der Waals surface area contributed by atoms with Crippen molar-refractivity contribution in [2.75, 3.05) is 19.8 Å². The second-order valence-corrected chi connectivity index (χ2v) is 4.68. The molecule has 24 heavy (non-hydrogen) atoms. The second kappa shape index (κ2) is 9.70. The van der Waals surface area contributed by atoms with E-state index < -0.39 is 5.97 Å². The minimum atomic E-state index is -0.434. The van der Waals surface area contributed by atoms with Crippen molar-refractivity contribution in [1.82, 2.24) is 0 Å². The van der Waals surface area contributed by atoms with Crippen molar-refractivity contribution in [1.29, 1.82) is 5.26 Å². The molecule has 0 unspecified atom stereocenters. The van der Waals surface area contributed by atoms with E-state index in [9.17, 15) is 4.79 Å². The van der Waals surface area contributed by atoms with Gasteiger partial charge in [0.1, 0.15) is 30.8 Å². The lowest BCUT2D eigenvalue weighted by Gasteiger charge is -2.05. The van der Waals surface area contributed by atoms with Crippen LogP contribution in [0.4, 0.5) is 0 Å². The lowest BCUT2D eigenvalue weighted by atomic mass is 10.2. The van der Waals surface area contributed by atoms with Gasteiger partial charge in [-0.25, -0.2) is 4.79 Å². The molecule has 5 nitrogen and oxygen atoms in total. The summed E-state index contributed by atoms with van der Waals surface area (Å²) in [6.07, 6.45) is 3.00. The molecule has 0 aromatic heterocycles. The molecule has 5 heteroatoms. The fourth-order valence-corrected chi connectivity index (χ4v) is 1.82. The van der Waals surface area contributed by atoms with E-state index in [-0.39, 0.29) is 13.2 Å². The minimum absolute atomic E-state index is 0.00651. The molecule has 0 radical (unpaired) electrons. The predicted octanol–water partition coefficient (Wildman–Crippen LogP) is 3.22. The number of ether oxygens (including phenoxy) is 3. The highest BCUT2D eigenvalue weighted by atomic mass is 16.6. The van der Waals surface area contributed by atoms with Crippen LogP contribution in [0.5, 0.6) is 11.5 Å². The Bertz CT molecular complexity index is 702. The Morgan fingerprint density at radius 3 is 2.38 bits per heavy atom. The lowest BCUT2D eigenvalue weighted by molar-refractivity contribution is -0.138. The molecule has 0 heterocycles. The van der Waals surface area contributed by atoms with Gasteiger partial charge in [0.15, 0.2) is 6.61 Å². The molecular formula is C19H17NO4. The zero-order chi connectivity index (χ0) is 17.0. The molecule has 0 aliphatic heterocycles. The van der Waals surface area contributed by atoms with Crippen LogP contribution in [0.1, 0.15) is 5.56 Å². The maximum absolute atomic E-state index is 11.6. The van der Waals surface area contributed by atoms with Crippen LogP contribution >= 0.6 is 0 Å². The van der Waals surface area contributed by atoms with Crippen LogP contribution in [0.25, 0.3) is 6.08 Å². The number of hydrogen-bond donors (Lipinski definition) is 0. The van der Waals surface area contributed by atoms with Crippen molar-refractivity contribution < 1.29 is 19.0 Å². The van der Waals surface area contributed by atoms with E-state index in [1.54, 1.807) is 30.3 Å². The molecule has 0 aliphatic rings. The zero-order valence-electron chi connectivity index (χ0n) is 13.1. The van der Waals surface area contributed by atoms with Gasteiger partial charge in [0.25, 0.3) is 0 Å². The molecule has 2 aromatic rings. The second-order valence-electron chi connectivity index (χ2n) is 4.68. The van der Waals surface area contributed by atoms with Gasteiger partial charge in [-0.2, -0.15) is 5.26 Å². The number of rotatable bonds is 8. The molecule has 0 fully saturated rings. The van der Waals surface area contributed by atoms with Gasteiger partial charge in [0, 0.05) is 6.08 Å². The number of para-hydroxylation sites is 1. The first-order valence-electron chi connectivity index (χ1n) is 7.40. The molecule has 2 rings (SSSR count). The van der Waals surface area contributed by atoms with Gasteiger partial charge in [0.2, 0.25) is 0 Å². The normalized spacial score (nSPS) is 10.1. The van der Waals surface area contributed by atoms with Gasteiger partial charge in [-0.15, -0.1) is 0 Å². The monoisotopic (exact) mass is 323 g/mol. The van der Waals surface area contributed by atoms with Crippen molar-refractivity contribution in [2.24, 2.45) is 0 Å². The average molecular weight is 323 g/mol. The van der Waals surface area contributed by atoms with Crippen LogP contribution in [0.15, 0.2) is 60.7 Å². The highest BCUT2D eigenvalue weighted by Crippen LogP contribution is 2.13. The SMILES string of the molecule is N#CCOc1ccc(/C=C/C(=O)OCCOc2ccccc2)cc1. The first-order chi connectivity index (χ1) is 11.8. The summed E-state index contributed by atoms with van der Waals surface area (Å²) in [5.74, 6) is 0.911. The molecule has 122 valence electrons. The third kappa shape index (κ3) is 6.24. The Morgan fingerprint density at radius 1 is 0.958 bits per heavy atom. The summed E-state index contributed by atoms with van der Waals surface area (Å²) >= 11 is 0. The maximum atomic E-state index is 11.6. The Kier molecular flexibility index (Phi) is 6.91. The number of nitrogens with zero attached hydrogens (tertiary/aromatic N) is 1. The van der Waals surface area contributed by atoms with Crippen LogP contribution in [0.3, 0.4) is 0 Å². The number of nitriles is 1. The van der Waals surface area contributed by atoms with Crippen molar-refractivity contribution >= 4 is 12.0 Å². The van der Waals surface area contributed by atoms with Crippen molar-refractivity contribution in [3.05, 3.63) is 66.2 Å². The molecule has 0 atom stereocenters. The van der Waals surface area contributed by atoms with Gasteiger partial charge in [-0.05, 0) is 35.9 Å². The van der Waals surface area contributed by atoms with Crippen molar-refractivity contribution in [3.8, 4) is 17.6 Å². The molecule has 0 bridgehead atoms. The largest absolute Gasteiger partial charge is 0.490 e. The Hall–Kier alpha value is -3.26. The molecule has 0 aliphatic carbocycles. The van der Waals surface area contributed by atoms with E-state index in [1.807, 2.05) is 36.4 Å². The summed E-state index contributed by atoms with van der Waals surface area (Å²) in [6.45, 7) is 0.486. The van der Waals surface area contributed by atoms with Crippen LogP contribution in [-0.2, 0) is 9.53 Å². The first-order valence-corrected chi connectivity index (χ1v) is 7.40. The van der Waals surface area contributed by atoms with Crippen LogP contribution in [0.2, 0.25) is 0 Å². The molecule has 2 aromatic carbocycles.